The van der Waals surface area contributed by atoms with Gasteiger partial charge in [-0.25, -0.2) is 0 Å². The van der Waals surface area contributed by atoms with Crippen molar-refractivity contribution >= 4 is 33.2 Å². The smallest absolute Gasteiger partial charge is 0.269 e. The van der Waals surface area contributed by atoms with Crippen molar-refractivity contribution in [3.63, 3.8) is 0 Å². The number of nitro benzene ring substituents is 1. The van der Waals surface area contributed by atoms with Crippen LogP contribution in [-0.4, -0.2) is 35.5 Å². The lowest BCUT2D eigenvalue weighted by atomic mass is 9.71. The largest absolute Gasteiger partial charge is 0.493 e. The van der Waals surface area contributed by atoms with Crippen molar-refractivity contribution in [1.82, 2.24) is 4.90 Å². The van der Waals surface area contributed by atoms with Crippen LogP contribution in [0.5, 0.6) is 11.5 Å². The fourth-order valence-corrected chi connectivity index (χ4v) is 6.22. The molecule has 0 amide bonds. The number of ketones is 2. The summed E-state index contributed by atoms with van der Waals surface area (Å²) in [6, 6.07) is 10.00. The third-order valence-corrected chi connectivity index (χ3v) is 7.92. The molecule has 1 heterocycles. The highest BCUT2D eigenvalue weighted by atomic mass is 79.9. The van der Waals surface area contributed by atoms with Gasteiger partial charge >= 0.3 is 0 Å². The molecule has 8 nitrogen and oxygen atoms in total. The summed E-state index contributed by atoms with van der Waals surface area (Å²) in [5, 5.41) is 11.1. The summed E-state index contributed by atoms with van der Waals surface area (Å²) < 4.78 is 12.3. The van der Waals surface area contributed by atoms with E-state index in [9.17, 15) is 19.7 Å². The van der Waals surface area contributed by atoms with Gasteiger partial charge in [0.15, 0.2) is 23.1 Å². The van der Waals surface area contributed by atoms with Gasteiger partial charge in [-0.3, -0.25) is 19.7 Å². The Bertz CT molecular complexity index is 1330. The van der Waals surface area contributed by atoms with Gasteiger partial charge in [0.05, 0.1) is 16.5 Å². The first-order chi connectivity index (χ1) is 17.8. The van der Waals surface area contributed by atoms with Crippen molar-refractivity contribution in [3.8, 4) is 11.5 Å². The van der Waals surface area contributed by atoms with Gasteiger partial charge in [-0.15, -0.1) is 0 Å². The summed E-state index contributed by atoms with van der Waals surface area (Å²) in [6.45, 7) is 0.103. The first kappa shape index (κ1) is 25.2. The standard InChI is InChI=1S/C28H27BrN2O6/c1-30-20-8-4-10-22(32)26(20)25(27-21(30)9-5-11-23(27)33)17-13-19(29)28(24(14-17)36-2)37-15-16-6-3-7-18(12-16)31(34)35/h3,6-7,12-14,25H,4-5,8-11,15H2,1-2H3. The first-order valence-corrected chi connectivity index (χ1v) is 13.1. The number of methoxy groups -OCH3 is 1. The maximum absolute atomic E-state index is 13.2. The van der Waals surface area contributed by atoms with Crippen LogP contribution in [0.25, 0.3) is 0 Å². The molecule has 1 aliphatic heterocycles. The van der Waals surface area contributed by atoms with E-state index in [-0.39, 0.29) is 23.9 Å². The van der Waals surface area contributed by atoms with Crippen LogP contribution < -0.4 is 9.47 Å². The van der Waals surface area contributed by atoms with E-state index in [0.717, 1.165) is 42.6 Å². The topological polar surface area (TPSA) is 99.0 Å². The minimum atomic E-state index is -0.446. The summed E-state index contributed by atoms with van der Waals surface area (Å²) >= 11 is 3.61. The number of carbonyl (C=O) groups excluding carboxylic acids is 2. The third-order valence-electron chi connectivity index (χ3n) is 7.33. The van der Waals surface area contributed by atoms with Gasteiger partial charge in [0.2, 0.25) is 0 Å². The van der Waals surface area contributed by atoms with Crippen LogP contribution in [-0.2, 0) is 16.2 Å². The fraction of sp³-hybridized carbons (Fsp3) is 0.357. The molecule has 5 rings (SSSR count). The normalized spacial score (nSPS) is 18.1. The Kier molecular flexibility index (Phi) is 6.90. The van der Waals surface area contributed by atoms with Crippen molar-refractivity contribution in [2.75, 3.05) is 14.2 Å². The summed E-state index contributed by atoms with van der Waals surface area (Å²) in [5.74, 6) is 0.620. The molecule has 0 radical (unpaired) electrons. The second kappa shape index (κ2) is 10.1. The van der Waals surface area contributed by atoms with Crippen LogP contribution in [0.2, 0.25) is 0 Å². The van der Waals surface area contributed by atoms with Crippen molar-refractivity contribution in [2.45, 2.75) is 51.0 Å². The number of hydrogen-bond acceptors (Lipinski definition) is 7. The van der Waals surface area contributed by atoms with E-state index < -0.39 is 10.8 Å². The summed E-state index contributed by atoms with van der Waals surface area (Å²) in [6.07, 6.45) is 4.18. The zero-order valence-electron chi connectivity index (χ0n) is 20.7. The van der Waals surface area contributed by atoms with Gasteiger partial charge in [0, 0.05) is 60.5 Å². The van der Waals surface area contributed by atoms with E-state index in [4.69, 9.17) is 9.47 Å². The lowest BCUT2D eigenvalue weighted by Gasteiger charge is -2.42. The Balaban J connectivity index is 1.55. The molecule has 0 N–H and O–H groups in total. The van der Waals surface area contributed by atoms with E-state index >= 15 is 0 Å². The Hall–Kier alpha value is -3.46. The molecule has 192 valence electrons. The molecule has 0 saturated carbocycles. The molecular formula is C28H27BrN2O6. The van der Waals surface area contributed by atoms with Crippen LogP contribution in [0.15, 0.2) is 63.4 Å². The quantitative estimate of drug-likeness (QED) is 0.313. The molecule has 9 heteroatoms. The van der Waals surface area contributed by atoms with Gasteiger partial charge in [0.25, 0.3) is 5.69 Å². The molecule has 3 aliphatic rings. The van der Waals surface area contributed by atoms with E-state index in [2.05, 4.69) is 20.8 Å². The average Bonchev–Trinajstić information content (AvgIpc) is 2.89. The fourth-order valence-electron chi connectivity index (χ4n) is 5.65. The van der Waals surface area contributed by atoms with Crippen molar-refractivity contribution in [2.24, 2.45) is 0 Å². The summed E-state index contributed by atoms with van der Waals surface area (Å²) in [5.41, 5.74) is 4.88. The van der Waals surface area contributed by atoms with Crippen LogP contribution in [0, 0.1) is 10.1 Å². The number of nitro groups is 1. The number of benzene rings is 2. The molecule has 0 atom stereocenters. The summed E-state index contributed by atoms with van der Waals surface area (Å²) in [7, 11) is 3.51. The number of halogens is 1. The lowest BCUT2D eigenvalue weighted by Crippen LogP contribution is -2.37. The second-order valence-corrected chi connectivity index (χ2v) is 10.4. The summed E-state index contributed by atoms with van der Waals surface area (Å²) in [4.78, 5) is 39.2. The van der Waals surface area contributed by atoms with Crippen LogP contribution in [0.3, 0.4) is 0 Å². The van der Waals surface area contributed by atoms with Crippen LogP contribution >= 0.6 is 15.9 Å². The molecular weight excluding hydrogens is 540 g/mol. The van der Waals surface area contributed by atoms with Crippen molar-refractivity contribution in [3.05, 3.63) is 84.7 Å². The van der Waals surface area contributed by atoms with Gasteiger partial charge in [-0.1, -0.05) is 12.1 Å². The van der Waals surface area contributed by atoms with Crippen molar-refractivity contribution in [1.29, 1.82) is 0 Å². The monoisotopic (exact) mass is 566 g/mol. The molecule has 2 aliphatic carbocycles. The lowest BCUT2D eigenvalue weighted by molar-refractivity contribution is -0.384. The molecule has 37 heavy (non-hydrogen) atoms. The maximum Gasteiger partial charge on any atom is 0.269 e. The number of carbonyl (C=O) groups is 2. The van der Waals surface area contributed by atoms with Gasteiger partial charge in [-0.05, 0) is 64.9 Å². The number of nitrogens with zero attached hydrogens (tertiary/aromatic N) is 2. The molecule has 0 fully saturated rings. The Labute approximate surface area is 223 Å². The van der Waals surface area contributed by atoms with Crippen molar-refractivity contribution < 1.29 is 24.0 Å². The number of hydrogen-bond donors (Lipinski definition) is 0. The molecule has 2 aromatic rings. The molecule has 0 unspecified atom stereocenters. The third kappa shape index (κ3) is 4.56. The number of non-ortho nitro benzene ring substituents is 1. The van der Waals surface area contributed by atoms with E-state index in [1.54, 1.807) is 12.1 Å². The number of rotatable bonds is 6. The Morgan fingerprint density at radius 3 is 2.27 bits per heavy atom. The predicted molar refractivity (Wildman–Crippen MR) is 140 cm³/mol. The average molecular weight is 567 g/mol. The minimum absolute atomic E-state index is 0.00722. The first-order valence-electron chi connectivity index (χ1n) is 12.3. The second-order valence-electron chi connectivity index (χ2n) is 9.52. The maximum atomic E-state index is 13.2. The number of Topliss-reactive ketones (excluding diaryl/α,β-unsaturated/α-hetero) is 2. The highest BCUT2D eigenvalue weighted by Gasteiger charge is 2.42. The Morgan fingerprint density at radius 1 is 1.03 bits per heavy atom. The SMILES string of the molecule is COc1cc(C2C3=C(CCCC3=O)N(C)C3=C2C(=O)CCC3)cc(Br)c1OCc1cccc([N+](=O)[O-])c1. The number of ether oxygens (including phenoxy) is 2. The van der Waals surface area contributed by atoms with E-state index in [0.29, 0.717) is 45.5 Å². The van der Waals surface area contributed by atoms with Gasteiger partial charge in [-0.2, -0.15) is 0 Å². The highest BCUT2D eigenvalue weighted by molar-refractivity contribution is 9.10. The molecule has 0 saturated heterocycles. The van der Waals surface area contributed by atoms with Crippen LogP contribution in [0.1, 0.15) is 55.6 Å². The van der Waals surface area contributed by atoms with Crippen LogP contribution in [0.4, 0.5) is 5.69 Å². The molecule has 0 spiro atoms. The zero-order chi connectivity index (χ0) is 26.3. The molecule has 0 aromatic heterocycles. The predicted octanol–water partition coefficient (Wildman–Crippen LogP) is 5.99. The number of allylic oxidation sites excluding steroid dienone is 4. The zero-order valence-corrected chi connectivity index (χ0v) is 22.3. The van der Waals surface area contributed by atoms with E-state index in [1.807, 2.05) is 19.2 Å². The minimum Gasteiger partial charge on any atom is -0.493 e. The van der Waals surface area contributed by atoms with E-state index in [1.165, 1.54) is 19.2 Å². The molecule has 0 bridgehead atoms. The molecule has 2 aromatic carbocycles. The Morgan fingerprint density at radius 2 is 1.68 bits per heavy atom. The van der Waals surface area contributed by atoms with Gasteiger partial charge in [0.1, 0.15) is 6.61 Å². The van der Waals surface area contributed by atoms with Gasteiger partial charge < -0.3 is 14.4 Å². The highest BCUT2D eigenvalue weighted by Crippen LogP contribution is 2.50.